The zero-order valence-corrected chi connectivity index (χ0v) is 13.6. The highest BCUT2D eigenvalue weighted by molar-refractivity contribution is 8.15. The number of thioether (sulfide) groups is 1. The number of anilines is 1. The number of nitrogens with one attached hydrogen (secondary N) is 2. The third-order valence-corrected chi connectivity index (χ3v) is 4.95. The van der Waals surface area contributed by atoms with Gasteiger partial charge in [0.15, 0.2) is 5.17 Å². The van der Waals surface area contributed by atoms with E-state index in [0.29, 0.717) is 21.9 Å². The lowest BCUT2D eigenvalue weighted by molar-refractivity contribution is -0.122. The van der Waals surface area contributed by atoms with Crippen molar-refractivity contribution in [3.8, 4) is 0 Å². The number of aryl methyl sites for hydroxylation is 1. The fourth-order valence-electron chi connectivity index (χ4n) is 2.02. The van der Waals surface area contributed by atoms with Crippen molar-refractivity contribution in [3.05, 3.63) is 28.8 Å². The van der Waals surface area contributed by atoms with E-state index < -0.39 is 5.25 Å². The zero-order chi connectivity index (χ0) is 15.7. The number of carbonyl (C=O) groups is 2. The Morgan fingerprint density at radius 3 is 2.95 bits per heavy atom. The van der Waals surface area contributed by atoms with Crippen molar-refractivity contribution in [2.45, 2.75) is 37.5 Å². The quantitative estimate of drug-likeness (QED) is 0.887. The molecule has 1 aliphatic heterocycles. The van der Waals surface area contributed by atoms with Crippen LogP contribution < -0.4 is 10.6 Å². The van der Waals surface area contributed by atoms with Gasteiger partial charge < -0.3 is 10.6 Å². The standard InChI is InChI=1S/C15H16ClN3O2S/c1-8-2-3-10(6-11(8)16)17-13(20)7-12-14(21)19-15(22-12)18-9-4-5-9/h2-3,6,9,12H,4-5,7H2,1H3,(H,17,20)(H,18,19,21)/t12-/m0/s1. The Labute approximate surface area is 137 Å². The summed E-state index contributed by atoms with van der Waals surface area (Å²) < 4.78 is 0. The van der Waals surface area contributed by atoms with Crippen LogP contribution in [0.3, 0.4) is 0 Å². The van der Waals surface area contributed by atoms with Crippen molar-refractivity contribution < 1.29 is 9.59 Å². The predicted octanol–water partition coefficient (Wildman–Crippen LogP) is 2.73. The average Bonchev–Trinajstić information content (AvgIpc) is 3.19. The summed E-state index contributed by atoms with van der Waals surface area (Å²) in [6, 6.07) is 5.69. The predicted molar refractivity (Wildman–Crippen MR) is 89.4 cm³/mol. The molecule has 7 heteroatoms. The maximum absolute atomic E-state index is 12.1. The van der Waals surface area contributed by atoms with Crippen LogP contribution >= 0.6 is 23.4 Å². The number of amidine groups is 1. The number of halogens is 1. The van der Waals surface area contributed by atoms with E-state index in [2.05, 4.69) is 15.6 Å². The van der Waals surface area contributed by atoms with Crippen LogP contribution in [0, 0.1) is 6.92 Å². The van der Waals surface area contributed by atoms with Crippen LogP contribution in [0.4, 0.5) is 5.69 Å². The Bertz CT molecular complexity index is 658. The number of hydrogen-bond acceptors (Lipinski definition) is 4. The first-order valence-corrected chi connectivity index (χ1v) is 8.38. The summed E-state index contributed by atoms with van der Waals surface area (Å²) in [5.74, 6) is -0.360. The third kappa shape index (κ3) is 3.81. The minimum atomic E-state index is -0.418. The summed E-state index contributed by atoms with van der Waals surface area (Å²) in [6.45, 7) is 1.90. The number of rotatable bonds is 4. The maximum Gasteiger partial charge on any atom is 0.240 e. The second-order valence-electron chi connectivity index (χ2n) is 5.48. The van der Waals surface area contributed by atoms with Crippen LogP contribution in [0.2, 0.25) is 5.02 Å². The van der Waals surface area contributed by atoms with Crippen LogP contribution in [0.5, 0.6) is 0 Å². The van der Waals surface area contributed by atoms with Crippen LogP contribution in [0.15, 0.2) is 23.2 Å². The van der Waals surface area contributed by atoms with Crippen molar-refractivity contribution in [2.24, 2.45) is 4.99 Å². The minimum absolute atomic E-state index is 0.117. The molecule has 3 rings (SSSR count). The molecule has 1 aromatic carbocycles. The normalized spacial score (nSPS) is 22.7. The van der Waals surface area contributed by atoms with E-state index in [0.717, 1.165) is 18.4 Å². The van der Waals surface area contributed by atoms with Gasteiger partial charge in [-0.3, -0.25) is 14.6 Å². The molecule has 0 unspecified atom stereocenters. The molecule has 2 N–H and O–H groups in total. The molecule has 1 atom stereocenters. The van der Waals surface area contributed by atoms with E-state index in [1.807, 2.05) is 13.0 Å². The lowest BCUT2D eigenvalue weighted by Gasteiger charge is -2.08. The highest BCUT2D eigenvalue weighted by atomic mass is 35.5. The first-order chi connectivity index (χ1) is 10.5. The van der Waals surface area contributed by atoms with Crippen LogP contribution in [0.1, 0.15) is 24.8 Å². The van der Waals surface area contributed by atoms with E-state index in [1.54, 1.807) is 12.1 Å². The molecule has 2 fully saturated rings. The van der Waals surface area contributed by atoms with Crippen molar-refractivity contribution in [1.82, 2.24) is 5.32 Å². The van der Waals surface area contributed by atoms with E-state index in [4.69, 9.17) is 11.6 Å². The SMILES string of the molecule is Cc1ccc(NC(=O)C[C@@H]2SC(=NC3CC3)NC2=O)cc1Cl. The average molecular weight is 338 g/mol. The molecule has 5 nitrogen and oxygen atoms in total. The fraction of sp³-hybridized carbons (Fsp3) is 0.400. The Kier molecular flexibility index (Phi) is 4.40. The Morgan fingerprint density at radius 2 is 2.27 bits per heavy atom. The second-order valence-corrected chi connectivity index (χ2v) is 7.08. The van der Waals surface area contributed by atoms with Crippen molar-refractivity contribution in [2.75, 3.05) is 5.32 Å². The molecule has 1 aromatic rings. The molecular formula is C15H16ClN3O2S. The molecule has 2 amide bonds. The van der Waals surface area contributed by atoms with Crippen molar-refractivity contribution in [1.29, 1.82) is 0 Å². The monoisotopic (exact) mass is 337 g/mol. The molecule has 1 saturated heterocycles. The van der Waals surface area contributed by atoms with Gasteiger partial charge in [0.25, 0.3) is 0 Å². The van der Waals surface area contributed by atoms with Gasteiger partial charge in [-0.2, -0.15) is 0 Å². The van der Waals surface area contributed by atoms with Gasteiger partial charge in [0.05, 0.1) is 6.04 Å². The zero-order valence-electron chi connectivity index (χ0n) is 12.1. The molecule has 0 spiro atoms. The van der Waals surface area contributed by atoms with Gasteiger partial charge in [-0.05, 0) is 37.5 Å². The number of carbonyl (C=O) groups excluding carboxylic acids is 2. The Morgan fingerprint density at radius 1 is 1.50 bits per heavy atom. The molecule has 1 aliphatic carbocycles. The summed E-state index contributed by atoms with van der Waals surface area (Å²) in [7, 11) is 0. The van der Waals surface area contributed by atoms with Gasteiger partial charge in [-0.15, -0.1) is 0 Å². The fourth-order valence-corrected chi connectivity index (χ4v) is 3.24. The Hall–Kier alpha value is -1.53. The van der Waals surface area contributed by atoms with E-state index in [-0.39, 0.29) is 18.2 Å². The molecule has 1 heterocycles. The van der Waals surface area contributed by atoms with Gasteiger partial charge in [-0.25, -0.2) is 0 Å². The summed E-state index contributed by atoms with van der Waals surface area (Å²) in [5.41, 5.74) is 1.59. The third-order valence-electron chi connectivity index (χ3n) is 3.45. The lowest BCUT2D eigenvalue weighted by atomic mass is 10.2. The molecule has 0 aromatic heterocycles. The maximum atomic E-state index is 12.1. The summed E-state index contributed by atoms with van der Waals surface area (Å²) in [4.78, 5) is 28.3. The topological polar surface area (TPSA) is 70.6 Å². The molecule has 1 saturated carbocycles. The van der Waals surface area contributed by atoms with Crippen molar-refractivity contribution >= 4 is 46.0 Å². The molecular weight excluding hydrogens is 322 g/mol. The van der Waals surface area contributed by atoms with Gasteiger partial charge in [0.2, 0.25) is 11.8 Å². The van der Waals surface area contributed by atoms with Gasteiger partial charge >= 0.3 is 0 Å². The largest absolute Gasteiger partial charge is 0.326 e. The highest BCUT2D eigenvalue weighted by Gasteiger charge is 2.33. The summed E-state index contributed by atoms with van der Waals surface area (Å²) in [5, 5.41) is 6.33. The molecule has 2 aliphatic rings. The number of nitrogens with zero attached hydrogens (tertiary/aromatic N) is 1. The van der Waals surface area contributed by atoms with E-state index in [9.17, 15) is 9.59 Å². The Balaban J connectivity index is 1.57. The van der Waals surface area contributed by atoms with Crippen LogP contribution in [-0.2, 0) is 9.59 Å². The van der Waals surface area contributed by atoms with E-state index >= 15 is 0 Å². The summed E-state index contributed by atoms with van der Waals surface area (Å²) >= 11 is 7.36. The van der Waals surface area contributed by atoms with Gasteiger partial charge in [-0.1, -0.05) is 29.4 Å². The first-order valence-electron chi connectivity index (χ1n) is 7.12. The molecule has 0 radical (unpaired) electrons. The van der Waals surface area contributed by atoms with Crippen LogP contribution in [0.25, 0.3) is 0 Å². The number of amides is 2. The van der Waals surface area contributed by atoms with Gasteiger partial charge in [0.1, 0.15) is 5.25 Å². The lowest BCUT2D eigenvalue weighted by Crippen LogP contribution is -2.28. The molecule has 22 heavy (non-hydrogen) atoms. The van der Waals surface area contributed by atoms with E-state index in [1.165, 1.54) is 11.8 Å². The smallest absolute Gasteiger partial charge is 0.240 e. The summed E-state index contributed by atoms with van der Waals surface area (Å²) in [6.07, 6.45) is 2.28. The number of aliphatic imine (C=N–C) groups is 1. The van der Waals surface area contributed by atoms with Crippen molar-refractivity contribution in [3.63, 3.8) is 0 Å². The molecule has 0 bridgehead atoms. The number of benzene rings is 1. The minimum Gasteiger partial charge on any atom is -0.326 e. The second kappa shape index (κ2) is 6.30. The number of hydrogen-bond donors (Lipinski definition) is 2. The molecule has 116 valence electrons. The van der Waals surface area contributed by atoms with Gasteiger partial charge in [0, 0.05) is 17.1 Å². The highest BCUT2D eigenvalue weighted by Crippen LogP contribution is 2.29. The first kappa shape index (κ1) is 15.4. The van der Waals surface area contributed by atoms with Crippen LogP contribution in [-0.4, -0.2) is 28.3 Å².